The zero-order valence-corrected chi connectivity index (χ0v) is 40.4. The zero-order valence-electron chi connectivity index (χ0n) is 40.4. The molecule has 66 heavy (non-hydrogen) atoms. The number of nitrogens with two attached hydrogens (primary N) is 1. The molecular weight excluding hydrogens is 841 g/mol. The second-order valence-electron chi connectivity index (χ2n) is 19.2. The highest BCUT2D eigenvalue weighted by molar-refractivity contribution is 5.97. The van der Waals surface area contributed by atoms with Gasteiger partial charge in [0.15, 0.2) is 0 Å². The Bertz CT molecular complexity index is 1730. The first-order chi connectivity index (χ1) is 31.8. The van der Waals surface area contributed by atoms with Gasteiger partial charge in [0, 0.05) is 26.1 Å². The number of hydrogen-bond donors (Lipinski definition) is 7. The standard InChI is InChI=1S/C50H82N8O8/c1-5-34(3)33-35(4)17-11-9-7-8-10-12-22-44(60)53-39-19-14-30-52-47(63)42-20-15-31-57(42)50(66)41(18-13-29-51)56-46(62)40(28-25-36-23-26-37(59)27-24-36)55-48(64)43-21-16-32-58(43)49(65)38(6-2)54-45(39)61/h23-24,26-27,34-35,38-43,59H,5-22,25,28-33,51H2,1-4H3,(H,52,63)(H,53,60)(H,54,61)(H,55,64)(H,56,62). The van der Waals surface area contributed by atoms with Crippen LogP contribution in [0, 0.1) is 11.8 Å². The van der Waals surface area contributed by atoms with Gasteiger partial charge < -0.3 is 47.2 Å². The van der Waals surface area contributed by atoms with E-state index in [1.165, 1.54) is 54.0 Å². The summed E-state index contributed by atoms with van der Waals surface area (Å²) >= 11 is 0. The van der Waals surface area contributed by atoms with Crippen molar-refractivity contribution in [1.29, 1.82) is 0 Å². The van der Waals surface area contributed by atoms with Gasteiger partial charge in [0.2, 0.25) is 41.4 Å². The van der Waals surface area contributed by atoms with Gasteiger partial charge in [-0.15, -0.1) is 0 Å². The lowest BCUT2D eigenvalue weighted by atomic mass is 9.91. The molecule has 3 heterocycles. The number of carbonyl (C=O) groups excluding carboxylic acids is 7. The van der Waals surface area contributed by atoms with E-state index in [1.807, 2.05) is 0 Å². The lowest BCUT2D eigenvalue weighted by molar-refractivity contribution is -0.143. The number of nitrogens with zero attached hydrogens (tertiary/aromatic N) is 2. The number of aryl methyl sites for hydroxylation is 1. The maximum absolute atomic E-state index is 14.2. The van der Waals surface area contributed by atoms with E-state index in [2.05, 4.69) is 47.4 Å². The molecule has 8 atom stereocenters. The van der Waals surface area contributed by atoms with Crippen LogP contribution in [0.15, 0.2) is 24.3 Å². The molecule has 16 heteroatoms. The fraction of sp³-hybridized carbons (Fsp3) is 0.740. The third-order valence-electron chi connectivity index (χ3n) is 13.8. The smallest absolute Gasteiger partial charge is 0.245 e. The number of aromatic hydroxyl groups is 1. The predicted molar refractivity (Wildman–Crippen MR) is 255 cm³/mol. The van der Waals surface area contributed by atoms with Crippen LogP contribution in [-0.2, 0) is 40.0 Å². The molecule has 0 radical (unpaired) electrons. The molecule has 8 unspecified atom stereocenters. The van der Waals surface area contributed by atoms with E-state index in [0.717, 1.165) is 36.7 Å². The number of phenols is 1. The second-order valence-corrected chi connectivity index (χ2v) is 19.2. The van der Waals surface area contributed by atoms with E-state index in [-0.39, 0.29) is 69.3 Å². The highest BCUT2D eigenvalue weighted by atomic mass is 16.3. The van der Waals surface area contributed by atoms with E-state index in [1.54, 1.807) is 19.1 Å². The van der Waals surface area contributed by atoms with Gasteiger partial charge in [-0.2, -0.15) is 0 Å². The maximum Gasteiger partial charge on any atom is 0.245 e. The lowest BCUT2D eigenvalue weighted by Crippen LogP contribution is -2.59. The fourth-order valence-corrected chi connectivity index (χ4v) is 9.61. The Kier molecular flexibility index (Phi) is 23.2. The molecule has 16 nitrogen and oxygen atoms in total. The molecule has 3 aliphatic rings. The number of benzene rings is 1. The van der Waals surface area contributed by atoms with Gasteiger partial charge in [-0.1, -0.05) is 84.8 Å². The van der Waals surface area contributed by atoms with Crippen molar-refractivity contribution in [2.45, 2.75) is 199 Å². The fourth-order valence-electron chi connectivity index (χ4n) is 9.61. The monoisotopic (exact) mass is 923 g/mol. The minimum Gasteiger partial charge on any atom is -0.508 e. The Labute approximate surface area is 393 Å². The molecule has 4 rings (SSSR count). The van der Waals surface area contributed by atoms with Crippen molar-refractivity contribution in [2.24, 2.45) is 17.6 Å². The van der Waals surface area contributed by atoms with Gasteiger partial charge in [0.25, 0.3) is 0 Å². The average molecular weight is 923 g/mol. The van der Waals surface area contributed by atoms with Crippen molar-refractivity contribution < 1.29 is 38.7 Å². The first-order valence-corrected chi connectivity index (χ1v) is 25.3. The minimum absolute atomic E-state index is 0.0883. The number of unbranched alkanes of at least 4 members (excludes halogenated alkanes) is 5. The van der Waals surface area contributed by atoms with Crippen LogP contribution in [0.1, 0.15) is 162 Å². The van der Waals surface area contributed by atoms with Gasteiger partial charge in [-0.3, -0.25) is 33.6 Å². The van der Waals surface area contributed by atoms with Crippen molar-refractivity contribution >= 4 is 41.4 Å². The van der Waals surface area contributed by atoms with Crippen LogP contribution in [0.3, 0.4) is 0 Å². The topological polar surface area (TPSA) is 232 Å². The third-order valence-corrected chi connectivity index (χ3v) is 13.8. The Hall–Kier alpha value is -4.73. The van der Waals surface area contributed by atoms with E-state index in [4.69, 9.17) is 5.73 Å². The Morgan fingerprint density at radius 2 is 1.32 bits per heavy atom. The average Bonchev–Trinajstić information content (AvgIpc) is 4.01. The number of amides is 7. The molecule has 3 aliphatic heterocycles. The molecule has 0 spiro atoms. The van der Waals surface area contributed by atoms with Crippen molar-refractivity contribution in [1.82, 2.24) is 36.4 Å². The molecular formula is C50H82N8O8. The van der Waals surface area contributed by atoms with Gasteiger partial charge in [-0.05, 0) is 120 Å². The van der Waals surface area contributed by atoms with Crippen LogP contribution in [-0.4, -0.2) is 119 Å². The van der Waals surface area contributed by atoms with Crippen molar-refractivity contribution in [2.75, 3.05) is 26.2 Å². The number of carbonyl (C=O) groups is 7. The summed E-state index contributed by atoms with van der Waals surface area (Å²) in [5.74, 6) is -1.50. The molecule has 0 aromatic heterocycles. The van der Waals surface area contributed by atoms with E-state index in [9.17, 15) is 38.7 Å². The summed E-state index contributed by atoms with van der Waals surface area (Å²) in [5, 5.41) is 24.3. The van der Waals surface area contributed by atoms with E-state index >= 15 is 0 Å². The highest BCUT2D eigenvalue weighted by Gasteiger charge is 2.41. The molecule has 3 saturated heterocycles. The predicted octanol–water partition coefficient (Wildman–Crippen LogP) is 4.50. The van der Waals surface area contributed by atoms with Gasteiger partial charge in [0.1, 0.15) is 42.0 Å². The summed E-state index contributed by atoms with van der Waals surface area (Å²) in [5.41, 5.74) is 6.67. The number of phenolic OH excluding ortho intramolecular Hbond substituents is 1. The zero-order chi connectivity index (χ0) is 48.0. The number of nitrogens with one attached hydrogen (secondary N) is 5. The van der Waals surface area contributed by atoms with Crippen LogP contribution < -0.4 is 32.3 Å². The first kappa shape index (κ1) is 53.9. The molecule has 3 fully saturated rings. The number of hydrogen-bond acceptors (Lipinski definition) is 9. The number of rotatable bonds is 20. The van der Waals surface area contributed by atoms with E-state index < -0.39 is 65.8 Å². The van der Waals surface area contributed by atoms with Gasteiger partial charge in [-0.25, -0.2) is 0 Å². The molecule has 1 aromatic rings. The summed E-state index contributed by atoms with van der Waals surface area (Å²) in [6.45, 7) is 9.73. The SMILES string of the molecule is CCC(C)CC(C)CCCCCCCCC(=O)NC1CCCNC(=O)C2CCCN2C(=O)C(CCCN)NC(=O)C(CCc2ccc(O)cc2)NC(=O)C2CCCN2C(=O)C(CC)NC1=O. The first-order valence-electron chi connectivity index (χ1n) is 25.3. The van der Waals surface area contributed by atoms with Crippen LogP contribution in [0.4, 0.5) is 0 Å². The van der Waals surface area contributed by atoms with Crippen molar-refractivity contribution in [3.8, 4) is 5.75 Å². The normalized spacial score (nSPS) is 24.9. The summed E-state index contributed by atoms with van der Waals surface area (Å²) in [4.78, 5) is 101. The van der Waals surface area contributed by atoms with Crippen LogP contribution in [0.25, 0.3) is 0 Å². The Morgan fingerprint density at radius 1 is 0.712 bits per heavy atom. The summed E-state index contributed by atoms with van der Waals surface area (Å²) in [7, 11) is 0. The quantitative estimate of drug-likeness (QED) is 0.0912. The summed E-state index contributed by atoms with van der Waals surface area (Å²) in [6, 6.07) is 0.782. The molecule has 8 N–H and O–H groups in total. The van der Waals surface area contributed by atoms with Gasteiger partial charge in [0.05, 0.1) is 0 Å². The Balaban J connectivity index is 1.50. The number of fused-ring (bicyclic) bond motifs is 2. The van der Waals surface area contributed by atoms with Crippen molar-refractivity contribution in [3.63, 3.8) is 0 Å². The lowest BCUT2D eigenvalue weighted by Gasteiger charge is -2.31. The minimum atomic E-state index is -1.10. The molecule has 370 valence electrons. The molecule has 0 aliphatic carbocycles. The summed E-state index contributed by atoms with van der Waals surface area (Å²) in [6.07, 6.45) is 14.0. The third kappa shape index (κ3) is 17.2. The van der Waals surface area contributed by atoms with Crippen molar-refractivity contribution in [3.05, 3.63) is 29.8 Å². The van der Waals surface area contributed by atoms with Crippen LogP contribution >= 0.6 is 0 Å². The van der Waals surface area contributed by atoms with Crippen LogP contribution in [0.5, 0.6) is 5.75 Å². The summed E-state index contributed by atoms with van der Waals surface area (Å²) < 4.78 is 0. The molecule has 0 saturated carbocycles. The largest absolute Gasteiger partial charge is 0.508 e. The molecule has 7 amide bonds. The highest BCUT2D eigenvalue weighted by Crippen LogP contribution is 2.24. The second kappa shape index (κ2) is 28.4. The maximum atomic E-state index is 14.2. The molecule has 0 bridgehead atoms. The van der Waals surface area contributed by atoms with Gasteiger partial charge >= 0.3 is 0 Å². The van der Waals surface area contributed by atoms with E-state index in [0.29, 0.717) is 57.9 Å². The molecule has 1 aromatic carbocycles. The van der Waals surface area contributed by atoms with Crippen LogP contribution in [0.2, 0.25) is 0 Å². The Morgan fingerprint density at radius 3 is 1.97 bits per heavy atom.